The van der Waals surface area contributed by atoms with E-state index >= 15 is 0 Å². The number of fused-ring (bicyclic) bond motifs is 2. The highest BCUT2D eigenvalue weighted by atomic mass is 35.5. The number of carbonyl (C=O) groups is 1. The summed E-state index contributed by atoms with van der Waals surface area (Å²) in [5.41, 5.74) is 2.57. The average Bonchev–Trinajstić information content (AvgIpc) is 3.01. The standard InChI is InChI=1S/C20H27N5O.ClH/c1-13(2)8-17-11-24(12-19-23-22-14(3)25(17)19)20(26)18-9-15-6-4-5-7-16(15)10-21-18;/h4-7,13,17-18,21H,8-12H2,1-3H3;1H/t17-,18+;/m0./s1. The van der Waals surface area contributed by atoms with Crippen LogP contribution in [-0.2, 0) is 24.3 Å². The molecule has 7 heteroatoms. The number of carbonyl (C=O) groups excluding carboxylic acids is 1. The second-order valence-corrected chi connectivity index (χ2v) is 7.94. The van der Waals surface area contributed by atoms with Crippen LogP contribution < -0.4 is 5.32 Å². The highest BCUT2D eigenvalue weighted by Crippen LogP contribution is 2.28. The first-order valence-corrected chi connectivity index (χ1v) is 9.52. The fraction of sp³-hybridized carbons (Fsp3) is 0.550. The SMILES string of the molecule is Cc1nnc2n1[C@@H](CC(C)C)CN(C(=O)[C@H]1Cc3ccccc3CN1)C2.Cl. The van der Waals surface area contributed by atoms with Gasteiger partial charge in [-0.2, -0.15) is 0 Å². The highest BCUT2D eigenvalue weighted by molar-refractivity contribution is 5.85. The van der Waals surface area contributed by atoms with Crippen LogP contribution in [0.5, 0.6) is 0 Å². The molecule has 0 radical (unpaired) electrons. The number of aromatic nitrogens is 3. The van der Waals surface area contributed by atoms with Gasteiger partial charge in [0.1, 0.15) is 5.82 Å². The molecule has 2 aliphatic heterocycles. The zero-order valence-corrected chi connectivity index (χ0v) is 17.0. The Labute approximate surface area is 166 Å². The van der Waals surface area contributed by atoms with Crippen LogP contribution in [0.4, 0.5) is 0 Å². The molecule has 0 bridgehead atoms. The molecule has 146 valence electrons. The van der Waals surface area contributed by atoms with E-state index in [1.165, 1.54) is 11.1 Å². The Bertz CT molecular complexity index is 818. The zero-order chi connectivity index (χ0) is 18.3. The maximum Gasteiger partial charge on any atom is 0.240 e. The van der Waals surface area contributed by atoms with Gasteiger partial charge in [0.2, 0.25) is 5.91 Å². The molecule has 1 aromatic heterocycles. The molecule has 0 saturated carbocycles. The Morgan fingerprint density at radius 3 is 2.74 bits per heavy atom. The molecule has 4 rings (SSSR count). The van der Waals surface area contributed by atoms with E-state index in [-0.39, 0.29) is 30.4 Å². The van der Waals surface area contributed by atoms with Crippen molar-refractivity contribution >= 4 is 18.3 Å². The molecule has 0 saturated heterocycles. The molecule has 0 fully saturated rings. The predicted octanol–water partition coefficient (Wildman–Crippen LogP) is 2.65. The molecular weight excluding hydrogens is 362 g/mol. The summed E-state index contributed by atoms with van der Waals surface area (Å²) in [6.07, 6.45) is 1.78. The topological polar surface area (TPSA) is 63.1 Å². The lowest BCUT2D eigenvalue weighted by Gasteiger charge is -2.37. The molecule has 0 spiro atoms. The van der Waals surface area contributed by atoms with Crippen LogP contribution in [0.2, 0.25) is 0 Å². The van der Waals surface area contributed by atoms with Gasteiger partial charge in [-0.3, -0.25) is 4.79 Å². The van der Waals surface area contributed by atoms with Gasteiger partial charge in [-0.25, -0.2) is 0 Å². The second kappa shape index (κ2) is 7.98. The van der Waals surface area contributed by atoms with Crippen molar-refractivity contribution < 1.29 is 4.79 Å². The Hall–Kier alpha value is -1.92. The van der Waals surface area contributed by atoms with Crippen molar-refractivity contribution in [1.82, 2.24) is 25.0 Å². The molecule has 1 N–H and O–H groups in total. The Morgan fingerprint density at radius 2 is 2.00 bits per heavy atom. The lowest BCUT2D eigenvalue weighted by molar-refractivity contribution is -0.136. The van der Waals surface area contributed by atoms with E-state index < -0.39 is 0 Å². The Balaban J connectivity index is 0.00000210. The van der Waals surface area contributed by atoms with Crippen molar-refractivity contribution in [3.8, 4) is 0 Å². The first-order valence-electron chi connectivity index (χ1n) is 9.52. The minimum atomic E-state index is -0.153. The van der Waals surface area contributed by atoms with Gasteiger partial charge in [0.15, 0.2) is 5.82 Å². The fourth-order valence-corrected chi connectivity index (χ4v) is 4.31. The fourth-order valence-electron chi connectivity index (χ4n) is 4.31. The number of hydrogen-bond acceptors (Lipinski definition) is 4. The molecular formula is C20H28ClN5O. The first kappa shape index (κ1) is 19.8. The van der Waals surface area contributed by atoms with E-state index in [1.54, 1.807) is 0 Å². The summed E-state index contributed by atoms with van der Waals surface area (Å²) in [4.78, 5) is 15.2. The first-order chi connectivity index (χ1) is 12.5. The van der Waals surface area contributed by atoms with Crippen LogP contribution >= 0.6 is 12.4 Å². The molecule has 0 unspecified atom stereocenters. The van der Waals surface area contributed by atoms with Crippen LogP contribution in [0.1, 0.15) is 49.1 Å². The summed E-state index contributed by atoms with van der Waals surface area (Å²) in [5.74, 6) is 2.59. The molecule has 27 heavy (non-hydrogen) atoms. The minimum Gasteiger partial charge on any atom is -0.332 e. The number of amides is 1. The molecule has 1 aromatic carbocycles. The van der Waals surface area contributed by atoms with Crippen LogP contribution in [0.25, 0.3) is 0 Å². The summed E-state index contributed by atoms with van der Waals surface area (Å²) < 4.78 is 2.23. The average molecular weight is 390 g/mol. The van der Waals surface area contributed by atoms with E-state index in [9.17, 15) is 4.79 Å². The summed E-state index contributed by atoms with van der Waals surface area (Å²) in [5, 5.41) is 12.0. The monoisotopic (exact) mass is 389 g/mol. The molecule has 2 aliphatic rings. The summed E-state index contributed by atoms with van der Waals surface area (Å²) in [6, 6.07) is 8.48. The van der Waals surface area contributed by atoms with E-state index in [0.29, 0.717) is 12.5 Å². The smallest absolute Gasteiger partial charge is 0.240 e. The van der Waals surface area contributed by atoms with E-state index in [1.807, 2.05) is 11.8 Å². The van der Waals surface area contributed by atoms with Crippen LogP contribution in [0, 0.1) is 12.8 Å². The highest BCUT2D eigenvalue weighted by Gasteiger charge is 2.34. The molecule has 6 nitrogen and oxygen atoms in total. The lowest BCUT2D eigenvalue weighted by Crippen LogP contribution is -2.52. The summed E-state index contributed by atoms with van der Waals surface area (Å²) in [6.45, 7) is 8.49. The lowest BCUT2D eigenvalue weighted by atomic mass is 9.94. The number of benzene rings is 1. The second-order valence-electron chi connectivity index (χ2n) is 7.94. The van der Waals surface area contributed by atoms with Crippen molar-refractivity contribution in [2.24, 2.45) is 5.92 Å². The van der Waals surface area contributed by atoms with Gasteiger partial charge in [-0.05, 0) is 36.8 Å². The van der Waals surface area contributed by atoms with Crippen LogP contribution in [-0.4, -0.2) is 38.2 Å². The Kier molecular flexibility index (Phi) is 5.86. The zero-order valence-electron chi connectivity index (χ0n) is 16.2. The van der Waals surface area contributed by atoms with Gasteiger partial charge in [0.05, 0.1) is 18.6 Å². The number of hydrogen-bond donors (Lipinski definition) is 1. The Morgan fingerprint density at radius 1 is 1.26 bits per heavy atom. The van der Waals surface area contributed by atoms with E-state index in [0.717, 1.165) is 37.6 Å². The van der Waals surface area contributed by atoms with Gasteiger partial charge in [-0.1, -0.05) is 38.1 Å². The maximum absolute atomic E-state index is 13.2. The van der Waals surface area contributed by atoms with E-state index in [4.69, 9.17) is 0 Å². The molecule has 0 aliphatic carbocycles. The van der Waals surface area contributed by atoms with Crippen molar-refractivity contribution in [1.29, 1.82) is 0 Å². The van der Waals surface area contributed by atoms with Crippen molar-refractivity contribution in [2.75, 3.05) is 6.54 Å². The normalized spacial score (nSPS) is 21.4. The van der Waals surface area contributed by atoms with Gasteiger partial charge >= 0.3 is 0 Å². The third-order valence-electron chi connectivity index (χ3n) is 5.50. The summed E-state index contributed by atoms with van der Waals surface area (Å²) in [7, 11) is 0. The van der Waals surface area contributed by atoms with Gasteiger partial charge in [0.25, 0.3) is 0 Å². The minimum absolute atomic E-state index is 0. The van der Waals surface area contributed by atoms with Crippen molar-refractivity contribution in [3.63, 3.8) is 0 Å². The van der Waals surface area contributed by atoms with Crippen molar-refractivity contribution in [2.45, 2.75) is 58.8 Å². The molecule has 3 heterocycles. The third-order valence-corrected chi connectivity index (χ3v) is 5.50. The number of aryl methyl sites for hydroxylation is 1. The van der Waals surface area contributed by atoms with Gasteiger partial charge < -0.3 is 14.8 Å². The number of halogens is 1. The van der Waals surface area contributed by atoms with Gasteiger partial charge in [-0.15, -0.1) is 22.6 Å². The number of nitrogens with zero attached hydrogens (tertiary/aromatic N) is 4. The van der Waals surface area contributed by atoms with Crippen LogP contribution in [0.15, 0.2) is 24.3 Å². The van der Waals surface area contributed by atoms with Crippen LogP contribution in [0.3, 0.4) is 0 Å². The summed E-state index contributed by atoms with van der Waals surface area (Å²) >= 11 is 0. The number of rotatable bonds is 3. The quantitative estimate of drug-likeness (QED) is 0.876. The predicted molar refractivity (Wildman–Crippen MR) is 107 cm³/mol. The van der Waals surface area contributed by atoms with E-state index in [2.05, 4.69) is 58.2 Å². The largest absolute Gasteiger partial charge is 0.332 e. The number of nitrogens with one attached hydrogen (secondary N) is 1. The maximum atomic E-state index is 13.2. The van der Waals surface area contributed by atoms with Gasteiger partial charge in [0, 0.05) is 13.1 Å². The third kappa shape index (κ3) is 3.87. The molecule has 1 amide bonds. The molecule has 2 aromatic rings. The van der Waals surface area contributed by atoms with Crippen molar-refractivity contribution in [3.05, 3.63) is 47.0 Å². The molecule has 2 atom stereocenters.